The van der Waals surface area contributed by atoms with E-state index >= 15 is 0 Å². The minimum Gasteiger partial charge on any atom is -0.780 e. The van der Waals surface area contributed by atoms with Crippen molar-refractivity contribution in [2.45, 2.75) is 0 Å². The van der Waals surface area contributed by atoms with Crippen LogP contribution in [0.1, 0.15) is 0 Å². The van der Waals surface area contributed by atoms with Gasteiger partial charge in [-0.25, -0.2) is 0 Å². The molecule has 0 spiro atoms. The summed E-state index contributed by atoms with van der Waals surface area (Å²) in [4.78, 5) is 0. The zero-order valence-electron chi connectivity index (χ0n) is 6.40. The van der Waals surface area contributed by atoms with E-state index in [0.717, 1.165) is 0 Å². The summed E-state index contributed by atoms with van der Waals surface area (Å²) in [5.74, 6) is 0. The molecule has 0 amide bonds. The van der Waals surface area contributed by atoms with Crippen molar-refractivity contribution < 1.29 is 150 Å². The smallest absolute Gasteiger partial charge is 0.780 e. The van der Waals surface area contributed by atoms with Gasteiger partial charge in [0, 0.05) is 0 Å². The molecule has 0 aliphatic heterocycles. The Balaban J connectivity index is -0.0000000267. The van der Waals surface area contributed by atoms with Crippen molar-refractivity contribution in [2.75, 3.05) is 0 Å². The van der Waals surface area contributed by atoms with Crippen LogP contribution < -0.4 is 103 Å². The van der Waals surface area contributed by atoms with Gasteiger partial charge in [0.05, 0.1) is 0 Å². The van der Waals surface area contributed by atoms with Crippen LogP contribution in [0.25, 0.3) is 0 Å². The second-order valence-electron chi connectivity index (χ2n) is 0.816. The van der Waals surface area contributed by atoms with Gasteiger partial charge in [-0.15, -0.1) is 18.1 Å². The van der Waals surface area contributed by atoms with Crippen molar-refractivity contribution in [1.82, 2.24) is 0 Å². The summed E-state index contributed by atoms with van der Waals surface area (Å²) >= 11 is 6.49. The maximum atomic E-state index is 8.89. The summed E-state index contributed by atoms with van der Waals surface area (Å²) in [5, 5.41) is 0. The van der Waals surface area contributed by atoms with Gasteiger partial charge in [-0.1, -0.05) is 0 Å². The van der Waals surface area contributed by atoms with Crippen LogP contribution in [0.2, 0.25) is 0 Å². The normalized spacial score (nSPS) is 8.92. The van der Waals surface area contributed by atoms with Gasteiger partial charge < -0.3 is 18.2 Å². The third kappa shape index (κ3) is 171. The Bertz CT molecular complexity index is 219. The van der Waals surface area contributed by atoms with Crippen LogP contribution in [0, 0.1) is 0 Å². The zero-order valence-corrected chi connectivity index (χ0v) is 17.5. The third-order valence-corrected chi connectivity index (χ3v) is 0. The van der Waals surface area contributed by atoms with E-state index in [4.69, 9.17) is 26.6 Å². The molecule has 0 aliphatic rings. The molecule has 0 aliphatic carbocycles. The van der Waals surface area contributed by atoms with Crippen molar-refractivity contribution in [2.24, 2.45) is 0 Å². The van der Waals surface area contributed by atoms with Crippen LogP contribution in [0.15, 0.2) is 0 Å². The molecule has 0 heterocycles. The fourth-order valence-electron chi connectivity index (χ4n) is 0. The monoisotopic (exact) mass is 408 g/mol. The van der Waals surface area contributed by atoms with Crippen LogP contribution in [0.4, 0.5) is 0 Å². The Hall–Kier alpha value is 4.52. The molecule has 6 nitrogen and oxygen atoms in total. The minimum absolute atomic E-state index is 0. The fourth-order valence-corrected chi connectivity index (χ4v) is 0. The fraction of sp³-hybridized carbons (Fsp3) is 0. The molecule has 0 saturated heterocycles. The average molecular weight is 409 g/mol. The van der Waals surface area contributed by atoms with Gasteiger partial charge in [0.1, 0.15) is 0 Å². The molecule has 0 rings (SSSR count). The van der Waals surface area contributed by atoms with Crippen LogP contribution >= 0.6 is 0 Å². The van der Waals surface area contributed by atoms with E-state index in [0.29, 0.717) is 0 Å². The first-order valence-corrected chi connectivity index (χ1v) is 6.00. The average Bonchev–Trinajstić information content (AvgIpc) is 1.12. The van der Waals surface area contributed by atoms with E-state index in [1.165, 1.54) is 0 Å². The number of rotatable bonds is 0. The van der Waals surface area contributed by atoms with Gasteiger partial charge in [0.15, 0.2) is 0 Å². The van der Waals surface area contributed by atoms with E-state index in [9.17, 15) is 0 Å². The van der Waals surface area contributed by atoms with Crippen LogP contribution in [-0.4, -0.2) is 26.6 Å². The van der Waals surface area contributed by atoms with Gasteiger partial charge in [-0.2, -0.15) is 0 Å². The van der Waals surface area contributed by atoms with E-state index in [2.05, 4.69) is 22.4 Å². The van der Waals surface area contributed by atoms with Crippen molar-refractivity contribution >= 4 is 40.5 Å². The maximum Gasteiger partial charge on any atom is 2.00 e. The van der Waals surface area contributed by atoms with E-state index in [-0.39, 0.29) is 123 Å². The molecular formula is K2O6PdS4. The van der Waals surface area contributed by atoms with E-state index < -0.39 is 18.1 Å². The maximum absolute atomic E-state index is 8.89. The molecule has 13 heteroatoms. The molecular weight excluding hydrogens is 409 g/mol. The summed E-state index contributed by atoms with van der Waals surface area (Å²) in [6.45, 7) is 0. The van der Waals surface area contributed by atoms with Crippen LogP contribution in [0.5, 0.6) is 0 Å². The largest absolute Gasteiger partial charge is 2.00 e. The molecule has 0 aromatic carbocycles. The topological polar surface area (TPSA) is 126 Å². The van der Waals surface area contributed by atoms with Gasteiger partial charge in [0.2, 0.25) is 0 Å². The Morgan fingerprint density at radius 3 is 0.769 bits per heavy atom. The molecule has 0 aromatic heterocycles. The second-order valence-corrected chi connectivity index (χ2v) is 4.90. The first-order valence-electron chi connectivity index (χ1n) is 1.33. The van der Waals surface area contributed by atoms with Crippen molar-refractivity contribution in [3.8, 4) is 0 Å². The summed E-state index contributed by atoms with van der Waals surface area (Å²) in [5.41, 5.74) is 0. The van der Waals surface area contributed by atoms with Gasteiger partial charge in [-0.3, -0.25) is 8.42 Å². The molecule has 0 fully saturated rings. The van der Waals surface area contributed by atoms with Gasteiger partial charge >= 0.3 is 123 Å². The molecule has 72 valence electrons. The Morgan fingerprint density at radius 2 is 0.769 bits per heavy atom. The first-order chi connectivity index (χ1) is 4.00. The molecule has 0 radical (unpaired) electrons. The molecule has 13 heavy (non-hydrogen) atoms. The minimum atomic E-state index is -4.33. The summed E-state index contributed by atoms with van der Waals surface area (Å²) < 4.78 is 53.3. The molecule has 0 unspecified atom stereocenters. The van der Waals surface area contributed by atoms with Crippen molar-refractivity contribution in [3.63, 3.8) is 0 Å². The van der Waals surface area contributed by atoms with Crippen molar-refractivity contribution in [3.05, 3.63) is 0 Å². The quantitative estimate of drug-likeness (QED) is 0.362. The Labute approximate surface area is 185 Å². The van der Waals surface area contributed by atoms with Crippen LogP contribution in [-0.2, 0) is 60.9 Å². The van der Waals surface area contributed by atoms with Gasteiger partial charge in [0.25, 0.3) is 0 Å². The first kappa shape index (κ1) is 30.5. The third-order valence-electron chi connectivity index (χ3n) is 0. The predicted octanol–water partition coefficient (Wildman–Crippen LogP) is -8.01. The Morgan fingerprint density at radius 1 is 0.769 bits per heavy atom. The zero-order chi connectivity index (χ0) is 9.00. The van der Waals surface area contributed by atoms with E-state index in [1.54, 1.807) is 0 Å². The predicted molar refractivity (Wildman–Crippen MR) is 34.1 cm³/mol. The summed E-state index contributed by atoms with van der Waals surface area (Å²) in [7, 11) is -8.67. The molecule has 0 aromatic rings. The molecule has 0 atom stereocenters. The summed E-state index contributed by atoms with van der Waals surface area (Å²) in [6, 6.07) is 0. The molecule has 0 saturated carbocycles. The molecule has 0 bridgehead atoms. The second kappa shape index (κ2) is 14.6. The summed E-state index contributed by atoms with van der Waals surface area (Å²) in [6.07, 6.45) is 0. The SMILES string of the molecule is O=S([O-])([O-])=S.O=S([O-])([O-])=S.[K+].[K+].[Pd+2]. The number of hydrogen-bond acceptors (Lipinski definition) is 8. The standard InChI is InChI=1S/2K.2H2O3S2.Pd/c;;2*1-5(2,3)4;/h;;2*(H2,1,2,3,4);/q2*+1;;;+2/p-4. The Kier molecular flexibility index (Phi) is 34.2. The van der Waals surface area contributed by atoms with E-state index in [1.807, 2.05) is 0 Å². The van der Waals surface area contributed by atoms with Crippen LogP contribution in [0.3, 0.4) is 0 Å². The van der Waals surface area contributed by atoms with Gasteiger partial charge in [-0.05, 0) is 22.4 Å². The molecule has 0 N–H and O–H groups in total. The van der Waals surface area contributed by atoms with Crippen molar-refractivity contribution in [1.29, 1.82) is 0 Å². The number of hydrogen-bond donors (Lipinski definition) is 0.